The number of nitrogens with one attached hydrogen (secondary N) is 1. The highest BCUT2D eigenvalue weighted by molar-refractivity contribution is 6.30. The van der Waals surface area contributed by atoms with Gasteiger partial charge in [0, 0.05) is 17.3 Å². The zero-order chi connectivity index (χ0) is 21.1. The number of aromatic nitrogens is 4. The van der Waals surface area contributed by atoms with Gasteiger partial charge in [0.15, 0.2) is 11.6 Å². The van der Waals surface area contributed by atoms with Crippen LogP contribution in [0.25, 0.3) is 0 Å². The van der Waals surface area contributed by atoms with Gasteiger partial charge < -0.3 is 9.73 Å². The Kier molecular flexibility index (Phi) is 5.31. The van der Waals surface area contributed by atoms with Crippen LogP contribution in [0.15, 0.2) is 65.5 Å². The van der Waals surface area contributed by atoms with Crippen LogP contribution < -0.4 is 5.32 Å². The van der Waals surface area contributed by atoms with E-state index in [1.54, 1.807) is 29.1 Å². The molecule has 0 aliphatic carbocycles. The van der Waals surface area contributed by atoms with Gasteiger partial charge in [-0.3, -0.25) is 24.3 Å². The Balaban J connectivity index is 1.37. The number of rotatable bonds is 7. The van der Waals surface area contributed by atoms with Crippen molar-refractivity contribution in [3.63, 3.8) is 0 Å². The van der Waals surface area contributed by atoms with Gasteiger partial charge in [0.05, 0.1) is 18.0 Å². The molecule has 30 heavy (non-hydrogen) atoms. The molecule has 1 N–H and O–H groups in total. The molecule has 0 unspecified atom stereocenters. The molecule has 4 aromatic rings. The fourth-order valence-corrected chi connectivity index (χ4v) is 3.01. The fraction of sp³-hybridized carbons (Fsp3) is 0.105. The van der Waals surface area contributed by atoms with E-state index < -0.39 is 10.8 Å². The molecule has 11 heteroatoms. The highest BCUT2D eigenvalue weighted by atomic mass is 35.5. The number of hydrogen-bond acceptors (Lipinski definition) is 6. The molecule has 0 bridgehead atoms. The van der Waals surface area contributed by atoms with E-state index in [4.69, 9.17) is 16.0 Å². The molecule has 0 aliphatic rings. The molecule has 0 fully saturated rings. The quantitative estimate of drug-likeness (QED) is 0.356. The number of hydrogen-bond donors (Lipinski definition) is 1. The van der Waals surface area contributed by atoms with Crippen molar-refractivity contribution in [2.75, 3.05) is 5.32 Å². The third-order valence-corrected chi connectivity index (χ3v) is 4.38. The van der Waals surface area contributed by atoms with E-state index in [-0.39, 0.29) is 18.0 Å². The average molecular weight is 427 g/mol. The molecule has 152 valence electrons. The van der Waals surface area contributed by atoms with Gasteiger partial charge in [-0.25, -0.2) is 0 Å². The zero-order valence-electron chi connectivity index (χ0n) is 15.4. The summed E-state index contributed by atoms with van der Waals surface area (Å²) < 4.78 is 8.55. The van der Waals surface area contributed by atoms with Crippen molar-refractivity contribution in [2.24, 2.45) is 0 Å². The normalized spacial score (nSPS) is 10.8. The summed E-state index contributed by atoms with van der Waals surface area (Å²) in [6.07, 6.45) is 4.18. The lowest BCUT2D eigenvalue weighted by atomic mass is 10.2. The molecule has 3 heterocycles. The number of furan rings is 1. The standard InChI is InChI=1S/C19H15ClN6O4/c20-14-3-1-2-13(8-14)10-24-7-6-18(23-24)22-19(27)17-5-4-16(30-17)12-25-11-15(9-21-25)26(28)29/h1-9,11H,10,12H2,(H,22,23,27). The van der Waals surface area contributed by atoms with Gasteiger partial charge in [0.1, 0.15) is 18.2 Å². The summed E-state index contributed by atoms with van der Waals surface area (Å²) in [5, 5.41) is 22.2. The van der Waals surface area contributed by atoms with Crippen LogP contribution in [0.4, 0.5) is 11.5 Å². The molecule has 0 spiro atoms. The molecule has 4 rings (SSSR count). The summed E-state index contributed by atoms with van der Waals surface area (Å²) in [7, 11) is 0. The summed E-state index contributed by atoms with van der Waals surface area (Å²) in [5.74, 6) is 0.448. The van der Waals surface area contributed by atoms with Crippen molar-refractivity contribution in [3.05, 3.63) is 93.3 Å². The van der Waals surface area contributed by atoms with E-state index in [0.29, 0.717) is 23.1 Å². The van der Waals surface area contributed by atoms with Gasteiger partial charge in [-0.1, -0.05) is 23.7 Å². The minimum absolute atomic E-state index is 0.0936. The first-order valence-corrected chi connectivity index (χ1v) is 9.19. The minimum Gasteiger partial charge on any atom is -0.454 e. The van der Waals surface area contributed by atoms with Crippen LogP contribution in [0, 0.1) is 10.1 Å². The van der Waals surface area contributed by atoms with Crippen LogP contribution in [-0.2, 0) is 13.1 Å². The van der Waals surface area contributed by atoms with Crippen molar-refractivity contribution in [1.82, 2.24) is 19.6 Å². The lowest BCUT2D eigenvalue weighted by Crippen LogP contribution is -2.12. The molecule has 0 saturated carbocycles. The van der Waals surface area contributed by atoms with E-state index in [0.717, 1.165) is 11.8 Å². The first-order chi connectivity index (χ1) is 14.5. The second kappa shape index (κ2) is 8.21. The van der Waals surface area contributed by atoms with E-state index in [9.17, 15) is 14.9 Å². The summed E-state index contributed by atoms with van der Waals surface area (Å²) >= 11 is 5.99. The van der Waals surface area contributed by atoms with E-state index >= 15 is 0 Å². The summed E-state index contributed by atoms with van der Waals surface area (Å²) in [4.78, 5) is 22.6. The van der Waals surface area contributed by atoms with E-state index in [1.807, 2.05) is 18.2 Å². The summed E-state index contributed by atoms with van der Waals surface area (Å²) in [6, 6.07) is 12.2. The summed E-state index contributed by atoms with van der Waals surface area (Å²) in [6.45, 7) is 0.673. The number of carbonyl (C=O) groups excluding carboxylic acids is 1. The van der Waals surface area contributed by atoms with Gasteiger partial charge in [-0.2, -0.15) is 10.2 Å². The van der Waals surface area contributed by atoms with E-state index in [2.05, 4.69) is 15.5 Å². The second-order valence-electron chi connectivity index (χ2n) is 6.40. The third-order valence-electron chi connectivity index (χ3n) is 4.15. The first-order valence-electron chi connectivity index (χ1n) is 8.81. The molecule has 1 aromatic carbocycles. The molecular formula is C19H15ClN6O4. The number of anilines is 1. The number of nitrogens with zero attached hydrogens (tertiary/aromatic N) is 5. The number of nitro groups is 1. The highest BCUT2D eigenvalue weighted by Gasteiger charge is 2.15. The van der Waals surface area contributed by atoms with Crippen molar-refractivity contribution in [3.8, 4) is 0 Å². The first kappa shape index (κ1) is 19.4. The van der Waals surface area contributed by atoms with Crippen molar-refractivity contribution >= 4 is 29.0 Å². The molecule has 0 saturated heterocycles. The Labute approximate surface area is 174 Å². The number of benzene rings is 1. The fourth-order valence-electron chi connectivity index (χ4n) is 2.79. The predicted molar refractivity (Wildman–Crippen MR) is 107 cm³/mol. The smallest absolute Gasteiger partial charge is 0.307 e. The Bertz CT molecular complexity index is 1210. The van der Waals surface area contributed by atoms with Gasteiger partial charge >= 0.3 is 5.69 Å². The van der Waals surface area contributed by atoms with Gasteiger partial charge in [-0.15, -0.1) is 0 Å². The third kappa shape index (κ3) is 4.55. The maximum absolute atomic E-state index is 12.4. The second-order valence-corrected chi connectivity index (χ2v) is 6.84. The van der Waals surface area contributed by atoms with Crippen molar-refractivity contribution < 1.29 is 14.1 Å². The van der Waals surface area contributed by atoms with Crippen LogP contribution in [0.5, 0.6) is 0 Å². The van der Waals surface area contributed by atoms with Crippen LogP contribution in [0.2, 0.25) is 5.02 Å². The summed E-state index contributed by atoms with van der Waals surface area (Å²) in [5.41, 5.74) is 0.867. The Morgan fingerprint density at radius 1 is 1.20 bits per heavy atom. The van der Waals surface area contributed by atoms with Gasteiger partial charge in [-0.05, 0) is 29.8 Å². The average Bonchev–Trinajstić information content (AvgIpc) is 3.44. The van der Waals surface area contributed by atoms with Crippen LogP contribution in [-0.4, -0.2) is 30.4 Å². The van der Waals surface area contributed by atoms with Gasteiger partial charge in [0.2, 0.25) is 0 Å². The minimum atomic E-state index is -0.532. The molecule has 0 aliphatic heterocycles. The zero-order valence-corrected chi connectivity index (χ0v) is 16.2. The van der Waals surface area contributed by atoms with Gasteiger partial charge in [0.25, 0.3) is 5.91 Å². The number of amides is 1. The lowest BCUT2D eigenvalue weighted by molar-refractivity contribution is -0.385. The molecule has 1 amide bonds. The van der Waals surface area contributed by atoms with Crippen molar-refractivity contribution in [1.29, 1.82) is 0 Å². The predicted octanol–water partition coefficient (Wildman–Crippen LogP) is 3.58. The molecule has 10 nitrogen and oxygen atoms in total. The van der Waals surface area contributed by atoms with E-state index in [1.165, 1.54) is 16.9 Å². The van der Waals surface area contributed by atoms with Crippen LogP contribution in [0.1, 0.15) is 21.9 Å². The molecule has 3 aromatic heterocycles. The molecule has 0 atom stereocenters. The monoisotopic (exact) mass is 426 g/mol. The van der Waals surface area contributed by atoms with Crippen molar-refractivity contribution in [2.45, 2.75) is 13.1 Å². The van der Waals surface area contributed by atoms with Crippen LogP contribution >= 0.6 is 11.6 Å². The maximum atomic E-state index is 12.4. The SMILES string of the molecule is O=C(Nc1ccn(Cc2cccc(Cl)c2)n1)c1ccc(Cn2cc([N+](=O)[O-])cn2)o1. The Morgan fingerprint density at radius 3 is 2.83 bits per heavy atom. The number of carbonyl (C=O) groups is 1. The van der Waals surface area contributed by atoms with Crippen LogP contribution in [0.3, 0.4) is 0 Å². The highest BCUT2D eigenvalue weighted by Crippen LogP contribution is 2.15. The Hall–Kier alpha value is -3.92. The molecular weight excluding hydrogens is 412 g/mol. The Morgan fingerprint density at radius 2 is 2.07 bits per heavy atom. The largest absolute Gasteiger partial charge is 0.454 e. The number of halogens is 1. The lowest BCUT2D eigenvalue weighted by Gasteiger charge is -2.03. The molecule has 0 radical (unpaired) electrons. The topological polar surface area (TPSA) is 121 Å². The maximum Gasteiger partial charge on any atom is 0.307 e.